The molecule has 0 amide bonds. The first-order valence-electron chi connectivity index (χ1n) is 23.1. The van der Waals surface area contributed by atoms with Crippen LogP contribution in [0.1, 0.15) is 212 Å². The number of rotatable bonds is 39. The van der Waals surface area contributed by atoms with Crippen molar-refractivity contribution >= 4 is 11.4 Å². The summed E-state index contributed by atoms with van der Waals surface area (Å²) in [4.78, 5) is 24.9. The molecule has 316 valence electrons. The Morgan fingerprint density at radius 3 is 0.855 bits per heavy atom. The summed E-state index contributed by atoms with van der Waals surface area (Å²) in [5, 5.41) is 3.31. The molecular formula is C48H84N2O5. The summed E-state index contributed by atoms with van der Waals surface area (Å²) in [5.41, 5.74) is 4.06. The van der Waals surface area contributed by atoms with Crippen LogP contribution in [0.25, 0.3) is 0 Å². The minimum Gasteiger partial charge on any atom is -0.369 e. The van der Waals surface area contributed by atoms with Crippen molar-refractivity contribution in [3.05, 3.63) is 59.7 Å². The molecular weight excluding hydrogens is 685 g/mol. The Bertz CT molecular complexity index is 987. The van der Waals surface area contributed by atoms with Gasteiger partial charge in [0.05, 0.1) is 37.8 Å². The van der Waals surface area contributed by atoms with Gasteiger partial charge in [-0.2, -0.15) is 0 Å². The van der Waals surface area contributed by atoms with Crippen LogP contribution < -0.4 is 10.5 Å². The van der Waals surface area contributed by atoms with Crippen LogP contribution in [-0.4, -0.2) is 33.0 Å². The van der Waals surface area contributed by atoms with Crippen molar-refractivity contribution in [1.29, 1.82) is 0 Å². The predicted octanol–water partition coefficient (Wildman–Crippen LogP) is 15.0. The van der Waals surface area contributed by atoms with Gasteiger partial charge in [0.25, 0.3) is 0 Å². The molecule has 0 aliphatic heterocycles. The van der Waals surface area contributed by atoms with Crippen molar-refractivity contribution in [3.8, 4) is 0 Å². The minimum atomic E-state index is -0.186. The van der Waals surface area contributed by atoms with Gasteiger partial charge in [-0.15, -0.1) is 10.5 Å². The zero-order chi connectivity index (χ0) is 39.4. The molecule has 0 heterocycles. The number of nitrogens with zero attached hydrogens (tertiary/aromatic N) is 2. The van der Waals surface area contributed by atoms with Crippen LogP contribution in [0.4, 0.5) is 11.4 Å². The van der Waals surface area contributed by atoms with Crippen molar-refractivity contribution in [2.45, 2.75) is 201 Å². The Labute approximate surface area is 339 Å². The second-order valence-electron chi connectivity index (χ2n) is 15.4. The van der Waals surface area contributed by atoms with Crippen LogP contribution in [-0.2, 0) is 24.1 Å². The molecule has 0 aromatic heterocycles. The lowest BCUT2D eigenvalue weighted by molar-refractivity contribution is -0.0916. The van der Waals surface area contributed by atoms with E-state index in [1.165, 1.54) is 128 Å². The summed E-state index contributed by atoms with van der Waals surface area (Å²) in [6.45, 7) is 14.6. The second-order valence-corrected chi connectivity index (χ2v) is 15.4. The Hall–Kier alpha value is -2.16. The van der Waals surface area contributed by atoms with E-state index in [1.807, 2.05) is 0 Å². The summed E-state index contributed by atoms with van der Waals surface area (Å²) in [7, 11) is 0. The average Bonchev–Trinajstić information content (AvgIpc) is 3.21. The van der Waals surface area contributed by atoms with Gasteiger partial charge in [-0.25, -0.2) is 19.4 Å². The molecule has 0 saturated heterocycles. The second kappa shape index (κ2) is 35.0. The van der Waals surface area contributed by atoms with Crippen molar-refractivity contribution in [3.63, 3.8) is 0 Å². The molecule has 0 radical (unpaired) electrons. The lowest BCUT2D eigenvalue weighted by Crippen LogP contribution is -2.25. The van der Waals surface area contributed by atoms with Gasteiger partial charge in [-0.05, 0) is 67.5 Å². The van der Waals surface area contributed by atoms with Crippen LogP contribution in [0.3, 0.4) is 0 Å². The highest BCUT2D eigenvalue weighted by atomic mass is 17.0. The normalized spacial score (nSPS) is 11.5. The van der Waals surface area contributed by atoms with E-state index in [9.17, 15) is 0 Å². The molecule has 0 fully saturated rings. The van der Waals surface area contributed by atoms with E-state index in [1.54, 1.807) is 10.5 Å². The maximum Gasteiger partial charge on any atom is 0.108 e. The van der Waals surface area contributed by atoms with E-state index in [-0.39, 0.29) is 6.10 Å². The first kappa shape index (κ1) is 49.0. The first-order chi connectivity index (χ1) is 27.2. The zero-order valence-electron chi connectivity index (χ0n) is 36.3. The van der Waals surface area contributed by atoms with Crippen molar-refractivity contribution in [2.75, 3.05) is 43.5 Å². The van der Waals surface area contributed by atoms with Gasteiger partial charge >= 0.3 is 0 Å². The molecule has 0 saturated carbocycles. The molecule has 7 nitrogen and oxygen atoms in total. The molecule has 0 N–H and O–H groups in total. The number of ether oxygens (including phenoxy) is 1. The van der Waals surface area contributed by atoms with Crippen LogP contribution in [0.15, 0.2) is 48.5 Å². The molecule has 55 heavy (non-hydrogen) atoms. The van der Waals surface area contributed by atoms with Gasteiger partial charge < -0.3 is 4.74 Å². The van der Waals surface area contributed by atoms with E-state index in [0.717, 1.165) is 61.2 Å². The molecule has 2 rings (SSSR count). The number of unbranched alkanes of at least 4 members (excludes halogenated alkanes) is 20. The molecule has 0 atom stereocenters. The first-order valence-corrected chi connectivity index (χ1v) is 23.1. The fourth-order valence-corrected chi connectivity index (χ4v) is 6.62. The third-order valence-electron chi connectivity index (χ3n) is 10.2. The summed E-state index contributed by atoms with van der Waals surface area (Å²) < 4.78 is 6.69. The monoisotopic (exact) mass is 769 g/mol. The molecule has 0 bridgehead atoms. The Kier molecular flexibility index (Phi) is 31.2. The predicted molar refractivity (Wildman–Crippen MR) is 233 cm³/mol. The SMILES string of the molecule is CCCCCCCOC(c1ccc(N(OCCCCCCC)OCCCCCCC)cc1)c1ccc(N(OCCCCCCC)OCCCCCCC)cc1. The van der Waals surface area contributed by atoms with Gasteiger partial charge in [-0.1, -0.05) is 187 Å². The maximum atomic E-state index is 6.69. The van der Waals surface area contributed by atoms with E-state index in [0.29, 0.717) is 26.4 Å². The third-order valence-corrected chi connectivity index (χ3v) is 10.2. The Morgan fingerprint density at radius 2 is 0.582 bits per heavy atom. The summed E-state index contributed by atoms with van der Waals surface area (Å²) >= 11 is 0. The Balaban J connectivity index is 2.20. The van der Waals surface area contributed by atoms with Crippen LogP contribution in [0, 0.1) is 0 Å². The lowest BCUT2D eigenvalue weighted by Gasteiger charge is -2.25. The van der Waals surface area contributed by atoms with Gasteiger partial charge in [0.15, 0.2) is 0 Å². The van der Waals surface area contributed by atoms with Crippen LogP contribution in [0.5, 0.6) is 0 Å². The molecule has 0 unspecified atom stereocenters. The van der Waals surface area contributed by atoms with Crippen LogP contribution >= 0.6 is 0 Å². The van der Waals surface area contributed by atoms with Crippen LogP contribution in [0.2, 0.25) is 0 Å². The highest BCUT2D eigenvalue weighted by molar-refractivity contribution is 5.48. The van der Waals surface area contributed by atoms with E-state index < -0.39 is 0 Å². The molecule has 0 aliphatic carbocycles. The van der Waals surface area contributed by atoms with E-state index in [2.05, 4.69) is 83.1 Å². The number of benzene rings is 2. The van der Waals surface area contributed by atoms with Gasteiger partial charge in [-0.3, -0.25) is 0 Å². The topological polar surface area (TPSA) is 52.6 Å². The van der Waals surface area contributed by atoms with Gasteiger partial charge in [0, 0.05) is 6.61 Å². The number of anilines is 2. The van der Waals surface area contributed by atoms with Gasteiger partial charge in [0.2, 0.25) is 0 Å². The summed E-state index contributed by atoms with van der Waals surface area (Å²) in [6.07, 6.45) is 29.8. The van der Waals surface area contributed by atoms with E-state index in [4.69, 9.17) is 24.1 Å². The van der Waals surface area contributed by atoms with E-state index >= 15 is 0 Å². The fourth-order valence-electron chi connectivity index (χ4n) is 6.62. The summed E-state index contributed by atoms with van der Waals surface area (Å²) in [6, 6.07) is 17.1. The third kappa shape index (κ3) is 23.6. The zero-order valence-corrected chi connectivity index (χ0v) is 36.3. The highest BCUT2D eigenvalue weighted by Gasteiger charge is 2.18. The standard InChI is InChI=1S/C48H84N2O5/c1-6-11-16-21-26-39-51-48(44-31-35-46(36-32-44)49(52-40-27-22-17-12-7-2)53-41-28-23-18-13-8-3)45-33-37-47(38-34-45)50(54-42-29-24-19-14-9-4)55-43-30-25-20-15-10-5/h31-38,48H,6-30,39-43H2,1-5H3. The average molecular weight is 769 g/mol. The van der Waals surface area contributed by atoms with Gasteiger partial charge in [0.1, 0.15) is 6.10 Å². The lowest BCUT2D eigenvalue weighted by atomic mass is 10.0. The molecule has 2 aromatic carbocycles. The quantitative estimate of drug-likeness (QED) is 0.0496. The minimum absolute atomic E-state index is 0.186. The number of hydrogen-bond donors (Lipinski definition) is 0. The molecule has 7 heteroatoms. The maximum absolute atomic E-state index is 6.69. The molecule has 2 aromatic rings. The summed E-state index contributed by atoms with van der Waals surface area (Å²) in [5.74, 6) is 0. The highest BCUT2D eigenvalue weighted by Crippen LogP contribution is 2.31. The fraction of sp³-hybridized carbons (Fsp3) is 0.750. The van der Waals surface area contributed by atoms with Crippen molar-refractivity contribution in [2.24, 2.45) is 0 Å². The largest absolute Gasteiger partial charge is 0.369 e. The van der Waals surface area contributed by atoms with Crippen molar-refractivity contribution in [1.82, 2.24) is 0 Å². The number of hydrogen-bond acceptors (Lipinski definition) is 7. The van der Waals surface area contributed by atoms with Crippen molar-refractivity contribution < 1.29 is 24.1 Å². The Morgan fingerprint density at radius 1 is 0.327 bits per heavy atom. The smallest absolute Gasteiger partial charge is 0.108 e. The molecule has 0 spiro atoms. The molecule has 0 aliphatic rings.